The first-order chi connectivity index (χ1) is 8.67. The molecule has 3 nitrogen and oxygen atoms in total. The molecular weight excluding hydrogens is 224 g/mol. The highest BCUT2D eigenvalue weighted by atomic mass is 16.2. The van der Waals surface area contributed by atoms with E-state index in [1.807, 2.05) is 0 Å². The molecule has 1 amide bonds. The van der Waals surface area contributed by atoms with Crippen LogP contribution in [0.3, 0.4) is 0 Å². The summed E-state index contributed by atoms with van der Waals surface area (Å²) in [6.07, 6.45) is 8.74. The molecule has 0 aromatic carbocycles. The summed E-state index contributed by atoms with van der Waals surface area (Å²) in [6, 6.07) is 0.807. The number of hydrogen-bond acceptors (Lipinski definition) is 2. The van der Waals surface area contributed by atoms with E-state index in [9.17, 15) is 4.79 Å². The number of carbonyl (C=O) groups is 1. The Morgan fingerprint density at radius 1 is 1.17 bits per heavy atom. The lowest BCUT2D eigenvalue weighted by atomic mass is 9.83. The second kappa shape index (κ2) is 8.52. The van der Waals surface area contributed by atoms with Gasteiger partial charge in [0.2, 0.25) is 5.91 Å². The Balaban J connectivity index is 2.30. The van der Waals surface area contributed by atoms with Crippen LogP contribution in [0.5, 0.6) is 0 Å². The maximum atomic E-state index is 11.9. The van der Waals surface area contributed by atoms with Gasteiger partial charge < -0.3 is 10.6 Å². The van der Waals surface area contributed by atoms with Crippen LogP contribution < -0.4 is 10.6 Å². The van der Waals surface area contributed by atoms with Gasteiger partial charge in [0.05, 0.1) is 6.54 Å². The topological polar surface area (TPSA) is 41.1 Å². The van der Waals surface area contributed by atoms with Gasteiger partial charge in [-0.1, -0.05) is 33.1 Å². The fourth-order valence-corrected chi connectivity index (χ4v) is 2.76. The minimum absolute atomic E-state index is 0.160. The molecule has 0 spiro atoms. The summed E-state index contributed by atoms with van der Waals surface area (Å²) < 4.78 is 0. The fraction of sp³-hybridized carbons (Fsp3) is 0.933. The van der Waals surface area contributed by atoms with Gasteiger partial charge in [0.25, 0.3) is 0 Å². The van der Waals surface area contributed by atoms with E-state index in [1.165, 1.54) is 32.1 Å². The van der Waals surface area contributed by atoms with Crippen molar-refractivity contribution >= 4 is 5.91 Å². The van der Waals surface area contributed by atoms with Gasteiger partial charge in [0, 0.05) is 12.1 Å². The zero-order chi connectivity index (χ0) is 13.4. The van der Waals surface area contributed by atoms with Crippen molar-refractivity contribution in [2.24, 2.45) is 5.92 Å². The van der Waals surface area contributed by atoms with Crippen molar-refractivity contribution in [3.8, 4) is 0 Å². The van der Waals surface area contributed by atoms with Crippen LogP contribution in [-0.4, -0.2) is 24.5 Å². The van der Waals surface area contributed by atoms with Crippen LogP contribution in [0.2, 0.25) is 0 Å². The Hall–Kier alpha value is -0.570. The number of amides is 1. The monoisotopic (exact) mass is 254 g/mol. The highest BCUT2D eigenvalue weighted by molar-refractivity contribution is 5.78. The Kier molecular flexibility index (Phi) is 7.33. The Bertz CT molecular complexity index is 237. The van der Waals surface area contributed by atoms with Gasteiger partial charge in [-0.2, -0.15) is 0 Å². The molecule has 18 heavy (non-hydrogen) atoms. The first-order valence-electron chi connectivity index (χ1n) is 7.70. The molecule has 1 saturated carbocycles. The lowest BCUT2D eigenvalue weighted by molar-refractivity contribution is -0.121. The van der Waals surface area contributed by atoms with Crippen molar-refractivity contribution in [2.75, 3.05) is 6.54 Å². The van der Waals surface area contributed by atoms with E-state index in [2.05, 4.69) is 31.4 Å². The third-order valence-corrected chi connectivity index (χ3v) is 4.23. The molecule has 106 valence electrons. The maximum absolute atomic E-state index is 11.9. The lowest BCUT2D eigenvalue weighted by Crippen LogP contribution is -2.45. The fourth-order valence-electron chi connectivity index (χ4n) is 2.76. The first-order valence-corrected chi connectivity index (χ1v) is 7.70. The summed E-state index contributed by atoms with van der Waals surface area (Å²) in [7, 11) is 0. The molecule has 0 bridgehead atoms. The molecule has 3 heteroatoms. The van der Waals surface area contributed by atoms with Gasteiger partial charge in [0.15, 0.2) is 0 Å². The highest BCUT2D eigenvalue weighted by Crippen LogP contribution is 2.27. The van der Waals surface area contributed by atoms with E-state index < -0.39 is 0 Å². The van der Waals surface area contributed by atoms with Gasteiger partial charge in [-0.15, -0.1) is 0 Å². The van der Waals surface area contributed by atoms with Crippen LogP contribution in [0, 0.1) is 5.92 Å². The molecule has 1 rings (SSSR count). The smallest absolute Gasteiger partial charge is 0.234 e. The molecule has 0 aromatic heterocycles. The van der Waals surface area contributed by atoms with Crippen molar-refractivity contribution < 1.29 is 4.79 Å². The summed E-state index contributed by atoms with van der Waals surface area (Å²) >= 11 is 0. The van der Waals surface area contributed by atoms with Crippen LogP contribution in [0.1, 0.15) is 65.7 Å². The predicted molar refractivity (Wildman–Crippen MR) is 76.6 cm³/mol. The molecule has 0 heterocycles. The first kappa shape index (κ1) is 15.5. The summed E-state index contributed by atoms with van der Waals surface area (Å²) in [5, 5.41) is 6.47. The average molecular weight is 254 g/mol. The number of carbonyl (C=O) groups excluding carboxylic acids is 1. The van der Waals surface area contributed by atoms with Gasteiger partial charge in [-0.05, 0) is 38.5 Å². The molecule has 2 unspecified atom stereocenters. The van der Waals surface area contributed by atoms with Crippen LogP contribution in [-0.2, 0) is 4.79 Å². The largest absolute Gasteiger partial charge is 0.352 e. The molecule has 1 fully saturated rings. The van der Waals surface area contributed by atoms with Gasteiger partial charge in [-0.3, -0.25) is 4.79 Å². The molecule has 0 radical (unpaired) electrons. The summed E-state index contributed by atoms with van der Waals surface area (Å²) in [4.78, 5) is 11.9. The highest BCUT2D eigenvalue weighted by Gasteiger charge is 2.23. The molecule has 1 aliphatic carbocycles. The molecule has 2 N–H and O–H groups in total. The third kappa shape index (κ3) is 5.38. The Morgan fingerprint density at radius 2 is 1.83 bits per heavy atom. The van der Waals surface area contributed by atoms with Crippen molar-refractivity contribution in [3.63, 3.8) is 0 Å². The van der Waals surface area contributed by atoms with E-state index in [-0.39, 0.29) is 5.91 Å². The summed E-state index contributed by atoms with van der Waals surface area (Å²) in [6.45, 7) is 6.89. The quantitative estimate of drug-likeness (QED) is 0.733. The summed E-state index contributed by atoms with van der Waals surface area (Å²) in [5.41, 5.74) is 0. The van der Waals surface area contributed by atoms with E-state index in [4.69, 9.17) is 0 Å². The predicted octanol–water partition coefficient (Wildman–Crippen LogP) is 2.85. The van der Waals surface area contributed by atoms with E-state index in [0.717, 1.165) is 12.8 Å². The SMILES string of the molecule is CCC(C)NCC(=O)NC(CC)C1CCCCC1. The Morgan fingerprint density at radius 3 is 2.39 bits per heavy atom. The molecule has 0 aliphatic heterocycles. The number of rotatable bonds is 7. The third-order valence-electron chi connectivity index (χ3n) is 4.23. The number of hydrogen-bond donors (Lipinski definition) is 2. The summed E-state index contributed by atoms with van der Waals surface area (Å²) in [5.74, 6) is 0.865. The van der Waals surface area contributed by atoms with Gasteiger partial charge >= 0.3 is 0 Å². The molecular formula is C15H30N2O. The normalized spacial score (nSPS) is 20.4. The van der Waals surface area contributed by atoms with Crippen LogP contribution in [0.4, 0.5) is 0 Å². The van der Waals surface area contributed by atoms with Crippen molar-refractivity contribution in [1.82, 2.24) is 10.6 Å². The second-order valence-electron chi connectivity index (χ2n) is 5.67. The van der Waals surface area contributed by atoms with Crippen molar-refractivity contribution in [2.45, 2.75) is 77.8 Å². The molecule has 1 aliphatic rings. The van der Waals surface area contributed by atoms with Crippen LogP contribution in [0.25, 0.3) is 0 Å². The molecule has 0 saturated heterocycles. The minimum atomic E-state index is 0.160. The van der Waals surface area contributed by atoms with E-state index in [0.29, 0.717) is 24.5 Å². The zero-order valence-electron chi connectivity index (χ0n) is 12.3. The van der Waals surface area contributed by atoms with Gasteiger partial charge in [-0.25, -0.2) is 0 Å². The average Bonchev–Trinajstić information content (AvgIpc) is 2.43. The van der Waals surface area contributed by atoms with Crippen LogP contribution in [0.15, 0.2) is 0 Å². The molecule has 0 aromatic rings. The number of nitrogens with one attached hydrogen (secondary N) is 2. The van der Waals surface area contributed by atoms with Crippen molar-refractivity contribution in [1.29, 1.82) is 0 Å². The van der Waals surface area contributed by atoms with Crippen molar-refractivity contribution in [3.05, 3.63) is 0 Å². The second-order valence-corrected chi connectivity index (χ2v) is 5.67. The Labute approximate surface area is 112 Å². The van der Waals surface area contributed by atoms with Crippen LogP contribution >= 0.6 is 0 Å². The van der Waals surface area contributed by atoms with Gasteiger partial charge in [0.1, 0.15) is 0 Å². The maximum Gasteiger partial charge on any atom is 0.234 e. The minimum Gasteiger partial charge on any atom is -0.352 e. The lowest BCUT2D eigenvalue weighted by Gasteiger charge is -2.30. The van der Waals surface area contributed by atoms with E-state index in [1.54, 1.807) is 0 Å². The zero-order valence-corrected chi connectivity index (χ0v) is 12.3. The molecule has 2 atom stereocenters. The standard InChI is InChI=1S/C15H30N2O/c1-4-12(3)16-11-15(18)17-14(5-2)13-9-7-6-8-10-13/h12-14,16H,4-11H2,1-3H3,(H,17,18). The van der Waals surface area contributed by atoms with E-state index >= 15 is 0 Å².